The van der Waals surface area contributed by atoms with Crippen molar-refractivity contribution in [2.24, 2.45) is 0 Å². The smallest absolute Gasteiger partial charge is 0.119 e. The highest BCUT2D eigenvalue weighted by Gasteiger charge is 1.95. The normalized spacial score (nSPS) is 10.3. The average Bonchev–Trinajstić information content (AvgIpc) is 2.29. The van der Waals surface area contributed by atoms with Crippen LogP contribution in [0.25, 0.3) is 0 Å². The topological polar surface area (TPSA) is 18.5 Å². The molecule has 84 valence electrons. The molecule has 1 aromatic carbocycles. The molecule has 0 N–H and O–H groups in total. The number of hydrogen-bond donors (Lipinski definition) is 0. The van der Waals surface area contributed by atoms with Crippen LogP contribution in [-0.4, -0.2) is 19.8 Å². The Morgan fingerprint density at radius 2 is 2.13 bits per heavy atom. The molecule has 0 atom stereocenters. The van der Waals surface area contributed by atoms with E-state index in [4.69, 9.17) is 21.1 Å². The summed E-state index contributed by atoms with van der Waals surface area (Å²) < 4.78 is 10.8. The molecule has 0 amide bonds. The number of rotatable bonds is 7. The summed E-state index contributed by atoms with van der Waals surface area (Å²) in [6.45, 7) is 4.20. The molecule has 15 heavy (non-hydrogen) atoms. The van der Waals surface area contributed by atoms with E-state index in [1.54, 1.807) is 0 Å². The molecule has 0 aliphatic carbocycles. The number of halogens is 1. The van der Waals surface area contributed by atoms with E-state index < -0.39 is 0 Å². The predicted octanol–water partition coefficient (Wildman–Crippen LogP) is 3.23. The maximum Gasteiger partial charge on any atom is 0.119 e. The zero-order valence-corrected chi connectivity index (χ0v) is 9.80. The second-order valence-electron chi connectivity index (χ2n) is 3.18. The van der Waals surface area contributed by atoms with Crippen LogP contribution in [0.3, 0.4) is 0 Å². The standard InChI is InChI=1S/C12H17ClO2/c1-2-14-7-4-8-15-12-6-3-5-11(9-12)10-13/h3,5-6,9H,2,4,7-8,10H2,1H3. The minimum atomic E-state index is 0.524. The Balaban J connectivity index is 2.24. The van der Waals surface area contributed by atoms with Crippen molar-refractivity contribution in [2.75, 3.05) is 19.8 Å². The SMILES string of the molecule is CCOCCCOc1cccc(CCl)c1. The first-order valence-electron chi connectivity index (χ1n) is 5.22. The second kappa shape index (κ2) is 7.55. The van der Waals surface area contributed by atoms with Gasteiger partial charge in [0, 0.05) is 25.5 Å². The summed E-state index contributed by atoms with van der Waals surface area (Å²) in [5.74, 6) is 1.40. The summed E-state index contributed by atoms with van der Waals surface area (Å²) in [6, 6.07) is 7.85. The van der Waals surface area contributed by atoms with E-state index in [2.05, 4.69) is 0 Å². The fourth-order valence-electron chi connectivity index (χ4n) is 1.21. The van der Waals surface area contributed by atoms with E-state index in [1.807, 2.05) is 31.2 Å². The van der Waals surface area contributed by atoms with Gasteiger partial charge in [-0.15, -0.1) is 11.6 Å². The quantitative estimate of drug-likeness (QED) is 0.527. The summed E-state index contributed by atoms with van der Waals surface area (Å²) in [5.41, 5.74) is 1.08. The maximum atomic E-state index is 5.73. The molecule has 0 heterocycles. The molecule has 0 aliphatic rings. The van der Waals surface area contributed by atoms with Crippen LogP contribution in [0.1, 0.15) is 18.9 Å². The van der Waals surface area contributed by atoms with Crippen LogP contribution in [0, 0.1) is 0 Å². The number of alkyl halides is 1. The van der Waals surface area contributed by atoms with Crippen molar-refractivity contribution in [3.05, 3.63) is 29.8 Å². The molecule has 0 saturated heterocycles. The van der Waals surface area contributed by atoms with Gasteiger partial charge >= 0.3 is 0 Å². The minimum absolute atomic E-state index is 0.524. The maximum absolute atomic E-state index is 5.73. The minimum Gasteiger partial charge on any atom is -0.493 e. The third kappa shape index (κ3) is 5.05. The molecule has 0 saturated carbocycles. The van der Waals surface area contributed by atoms with Crippen molar-refractivity contribution >= 4 is 11.6 Å². The van der Waals surface area contributed by atoms with Crippen LogP contribution in [0.5, 0.6) is 5.75 Å². The first-order valence-corrected chi connectivity index (χ1v) is 5.75. The molecule has 0 radical (unpaired) electrons. The van der Waals surface area contributed by atoms with Crippen LogP contribution in [-0.2, 0) is 10.6 Å². The van der Waals surface area contributed by atoms with Gasteiger partial charge in [0.2, 0.25) is 0 Å². The van der Waals surface area contributed by atoms with Gasteiger partial charge in [-0.3, -0.25) is 0 Å². The Morgan fingerprint density at radius 1 is 1.27 bits per heavy atom. The lowest BCUT2D eigenvalue weighted by Crippen LogP contribution is -2.02. The van der Waals surface area contributed by atoms with Crippen molar-refractivity contribution in [3.8, 4) is 5.75 Å². The molecule has 3 heteroatoms. The van der Waals surface area contributed by atoms with Crippen LogP contribution >= 0.6 is 11.6 Å². The Kier molecular flexibility index (Phi) is 6.21. The summed E-state index contributed by atoms with van der Waals surface area (Å²) in [6.07, 6.45) is 0.916. The zero-order chi connectivity index (χ0) is 10.9. The van der Waals surface area contributed by atoms with Crippen molar-refractivity contribution in [3.63, 3.8) is 0 Å². The van der Waals surface area contributed by atoms with Gasteiger partial charge < -0.3 is 9.47 Å². The Bertz CT molecular complexity index is 276. The lowest BCUT2D eigenvalue weighted by Gasteiger charge is -2.07. The van der Waals surface area contributed by atoms with Gasteiger partial charge in [-0.2, -0.15) is 0 Å². The van der Waals surface area contributed by atoms with E-state index in [0.29, 0.717) is 12.5 Å². The highest BCUT2D eigenvalue weighted by Crippen LogP contribution is 2.14. The zero-order valence-electron chi connectivity index (χ0n) is 9.04. The van der Waals surface area contributed by atoms with E-state index in [1.165, 1.54) is 0 Å². The van der Waals surface area contributed by atoms with Crippen molar-refractivity contribution in [2.45, 2.75) is 19.2 Å². The van der Waals surface area contributed by atoms with Crippen molar-refractivity contribution in [1.82, 2.24) is 0 Å². The highest BCUT2D eigenvalue weighted by molar-refractivity contribution is 6.17. The van der Waals surface area contributed by atoms with E-state index in [9.17, 15) is 0 Å². The second-order valence-corrected chi connectivity index (χ2v) is 3.45. The van der Waals surface area contributed by atoms with Gasteiger partial charge in [0.25, 0.3) is 0 Å². The van der Waals surface area contributed by atoms with Gasteiger partial charge in [0.15, 0.2) is 0 Å². The van der Waals surface area contributed by atoms with Crippen LogP contribution in [0.2, 0.25) is 0 Å². The van der Waals surface area contributed by atoms with Gasteiger partial charge in [0.05, 0.1) is 6.61 Å². The fourth-order valence-corrected chi connectivity index (χ4v) is 1.38. The Labute approximate surface area is 96.2 Å². The van der Waals surface area contributed by atoms with Crippen molar-refractivity contribution < 1.29 is 9.47 Å². The first kappa shape index (κ1) is 12.3. The molecule has 0 spiro atoms. The summed E-state index contributed by atoms with van der Waals surface area (Å²) in [7, 11) is 0. The van der Waals surface area contributed by atoms with Gasteiger partial charge in [-0.05, 0) is 24.6 Å². The molecule has 1 rings (SSSR count). The summed E-state index contributed by atoms with van der Waals surface area (Å²) in [5, 5.41) is 0. The summed E-state index contributed by atoms with van der Waals surface area (Å²) in [4.78, 5) is 0. The third-order valence-corrected chi connectivity index (χ3v) is 2.27. The van der Waals surface area contributed by atoms with Crippen LogP contribution < -0.4 is 4.74 Å². The van der Waals surface area contributed by atoms with Crippen LogP contribution in [0.4, 0.5) is 0 Å². The molecule has 0 unspecified atom stereocenters. The monoisotopic (exact) mass is 228 g/mol. The molecule has 1 aromatic rings. The highest BCUT2D eigenvalue weighted by atomic mass is 35.5. The third-order valence-electron chi connectivity index (χ3n) is 1.96. The Hall–Kier alpha value is -0.730. The van der Waals surface area contributed by atoms with Crippen LogP contribution in [0.15, 0.2) is 24.3 Å². The lowest BCUT2D eigenvalue weighted by atomic mass is 10.2. The first-order chi connectivity index (χ1) is 7.36. The molecule has 2 nitrogen and oxygen atoms in total. The largest absolute Gasteiger partial charge is 0.493 e. The molecule has 0 aliphatic heterocycles. The molecule has 0 aromatic heterocycles. The fraction of sp³-hybridized carbons (Fsp3) is 0.500. The van der Waals surface area contributed by atoms with Gasteiger partial charge in [-0.25, -0.2) is 0 Å². The summed E-state index contributed by atoms with van der Waals surface area (Å²) >= 11 is 5.73. The lowest BCUT2D eigenvalue weighted by molar-refractivity contribution is 0.131. The molecular formula is C12H17ClO2. The number of benzene rings is 1. The van der Waals surface area contributed by atoms with E-state index in [0.717, 1.165) is 30.9 Å². The predicted molar refractivity (Wildman–Crippen MR) is 62.6 cm³/mol. The molecule has 0 fully saturated rings. The Morgan fingerprint density at radius 3 is 2.87 bits per heavy atom. The number of hydrogen-bond acceptors (Lipinski definition) is 2. The number of ether oxygens (including phenoxy) is 2. The average molecular weight is 229 g/mol. The van der Waals surface area contributed by atoms with E-state index in [-0.39, 0.29) is 0 Å². The van der Waals surface area contributed by atoms with E-state index >= 15 is 0 Å². The van der Waals surface area contributed by atoms with Gasteiger partial charge in [0.1, 0.15) is 5.75 Å². The van der Waals surface area contributed by atoms with Gasteiger partial charge in [-0.1, -0.05) is 12.1 Å². The molecule has 0 bridgehead atoms. The van der Waals surface area contributed by atoms with Crippen molar-refractivity contribution in [1.29, 1.82) is 0 Å². The molecular weight excluding hydrogens is 212 g/mol.